The fourth-order valence-corrected chi connectivity index (χ4v) is 1.53. The van der Waals surface area contributed by atoms with Crippen LogP contribution >= 0.6 is 0 Å². The van der Waals surface area contributed by atoms with Gasteiger partial charge < -0.3 is 5.32 Å². The molecule has 0 unspecified atom stereocenters. The van der Waals surface area contributed by atoms with Crippen molar-refractivity contribution in [3.8, 4) is 11.5 Å². The van der Waals surface area contributed by atoms with Crippen molar-refractivity contribution in [2.24, 2.45) is 0 Å². The highest BCUT2D eigenvalue weighted by Crippen LogP contribution is 2.21. The zero-order valence-corrected chi connectivity index (χ0v) is 8.21. The topological polar surface area (TPSA) is 80.7 Å². The second kappa shape index (κ2) is 3.34. The SMILES string of the molecule is O=C1Cc2cnc(-c3cnccn3)nc2N1. The molecule has 16 heavy (non-hydrogen) atoms. The van der Waals surface area contributed by atoms with E-state index in [1.807, 2.05) is 0 Å². The standard InChI is InChI=1S/C10H7N5O/c16-8-3-6-4-13-10(15-9(6)14-8)7-5-11-1-2-12-7/h1-2,4-5H,3H2,(H,13,14,15,16). The van der Waals surface area contributed by atoms with Crippen molar-refractivity contribution in [2.45, 2.75) is 6.42 Å². The number of fused-ring (bicyclic) bond motifs is 1. The van der Waals surface area contributed by atoms with Gasteiger partial charge in [0, 0.05) is 24.2 Å². The number of carbonyl (C=O) groups excluding carboxylic acids is 1. The highest BCUT2D eigenvalue weighted by Gasteiger charge is 2.20. The van der Waals surface area contributed by atoms with E-state index in [1.165, 1.54) is 0 Å². The highest BCUT2D eigenvalue weighted by molar-refractivity contribution is 5.97. The lowest BCUT2D eigenvalue weighted by atomic mass is 10.2. The molecule has 0 aliphatic carbocycles. The third-order valence-electron chi connectivity index (χ3n) is 2.27. The van der Waals surface area contributed by atoms with Crippen LogP contribution in [0, 0.1) is 0 Å². The van der Waals surface area contributed by atoms with Gasteiger partial charge >= 0.3 is 0 Å². The van der Waals surface area contributed by atoms with E-state index >= 15 is 0 Å². The highest BCUT2D eigenvalue weighted by atomic mass is 16.1. The smallest absolute Gasteiger partial charge is 0.230 e. The van der Waals surface area contributed by atoms with Gasteiger partial charge in [0.2, 0.25) is 5.91 Å². The molecule has 0 bridgehead atoms. The van der Waals surface area contributed by atoms with Crippen LogP contribution in [0.1, 0.15) is 5.56 Å². The van der Waals surface area contributed by atoms with Gasteiger partial charge in [0.05, 0.1) is 12.6 Å². The Morgan fingerprint density at radius 3 is 2.94 bits per heavy atom. The van der Waals surface area contributed by atoms with E-state index in [9.17, 15) is 4.79 Å². The van der Waals surface area contributed by atoms with Crippen molar-refractivity contribution in [3.05, 3.63) is 30.4 Å². The number of nitrogens with zero attached hydrogens (tertiary/aromatic N) is 4. The van der Waals surface area contributed by atoms with Crippen molar-refractivity contribution < 1.29 is 4.79 Å². The van der Waals surface area contributed by atoms with Gasteiger partial charge in [-0.2, -0.15) is 0 Å². The Labute approximate surface area is 90.8 Å². The van der Waals surface area contributed by atoms with Gasteiger partial charge in [-0.05, 0) is 0 Å². The summed E-state index contributed by atoms with van der Waals surface area (Å²) in [5.41, 5.74) is 1.41. The van der Waals surface area contributed by atoms with E-state index in [-0.39, 0.29) is 5.91 Å². The van der Waals surface area contributed by atoms with E-state index < -0.39 is 0 Å². The Bertz CT molecular complexity index is 554. The maximum Gasteiger partial charge on any atom is 0.230 e. The number of carbonyl (C=O) groups is 1. The van der Waals surface area contributed by atoms with E-state index in [0.717, 1.165) is 5.56 Å². The molecular formula is C10H7N5O. The van der Waals surface area contributed by atoms with Crippen LogP contribution in [-0.4, -0.2) is 25.8 Å². The molecule has 0 aromatic carbocycles. The lowest BCUT2D eigenvalue weighted by Gasteiger charge is -2.00. The first-order valence-corrected chi connectivity index (χ1v) is 4.75. The van der Waals surface area contributed by atoms with Crippen LogP contribution in [0.5, 0.6) is 0 Å². The maximum atomic E-state index is 11.1. The van der Waals surface area contributed by atoms with Gasteiger partial charge in [0.15, 0.2) is 5.82 Å². The molecule has 6 heteroatoms. The molecule has 0 atom stereocenters. The number of hydrogen-bond acceptors (Lipinski definition) is 5. The molecule has 1 aliphatic rings. The van der Waals surface area contributed by atoms with Crippen molar-refractivity contribution in [1.82, 2.24) is 19.9 Å². The van der Waals surface area contributed by atoms with Crippen molar-refractivity contribution in [2.75, 3.05) is 5.32 Å². The summed E-state index contributed by atoms with van der Waals surface area (Å²) in [6, 6.07) is 0. The first-order chi connectivity index (χ1) is 7.83. The Morgan fingerprint density at radius 2 is 2.12 bits per heavy atom. The van der Waals surface area contributed by atoms with Gasteiger partial charge in [-0.3, -0.25) is 9.78 Å². The average molecular weight is 213 g/mol. The van der Waals surface area contributed by atoms with Gasteiger partial charge in [-0.25, -0.2) is 15.0 Å². The summed E-state index contributed by atoms with van der Waals surface area (Å²) >= 11 is 0. The number of anilines is 1. The molecule has 1 aliphatic heterocycles. The molecule has 6 nitrogen and oxygen atoms in total. The fourth-order valence-electron chi connectivity index (χ4n) is 1.53. The molecule has 2 aromatic heterocycles. The Balaban J connectivity index is 2.06. The first kappa shape index (κ1) is 8.90. The molecule has 0 saturated heterocycles. The maximum absolute atomic E-state index is 11.1. The Morgan fingerprint density at radius 1 is 1.19 bits per heavy atom. The minimum atomic E-state index is -0.0550. The molecule has 3 rings (SSSR count). The number of hydrogen-bond donors (Lipinski definition) is 1. The number of nitrogens with one attached hydrogen (secondary N) is 1. The number of amides is 1. The van der Waals surface area contributed by atoms with Crippen LogP contribution in [-0.2, 0) is 11.2 Å². The van der Waals surface area contributed by atoms with Crippen LogP contribution in [0.2, 0.25) is 0 Å². The lowest BCUT2D eigenvalue weighted by Crippen LogP contribution is -2.04. The molecule has 0 radical (unpaired) electrons. The number of aromatic nitrogens is 4. The monoisotopic (exact) mass is 213 g/mol. The Kier molecular flexibility index (Phi) is 1.86. The normalized spacial score (nSPS) is 13.4. The quantitative estimate of drug-likeness (QED) is 0.742. The fraction of sp³-hybridized carbons (Fsp3) is 0.100. The summed E-state index contributed by atoms with van der Waals surface area (Å²) in [6.07, 6.45) is 6.72. The summed E-state index contributed by atoms with van der Waals surface area (Å²) in [6.45, 7) is 0. The predicted molar refractivity (Wildman–Crippen MR) is 55.4 cm³/mol. The molecular weight excluding hydrogens is 206 g/mol. The zero-order valence-electron chi connectivity index (χ0n) is 8.21. The predicted octanol–water partition coefficient (Wildman–Crippen LogP) is 0.428. The van der Waals surface area contributed by atoms with Gasteiger partial charge in [0.25, 0.3) is 0 Å². The third kappa shape index (κ3) is 1.40. The van der Waals surface area contributed by atoms with Crippen LogP contribution in [0.15, 0.2) is 24.8 Å². The van der Waals surface area contributed by atoms with Crippen LogP contribution in [0.3, 0.4) is 0 Å². The summed E-state index contributed by atoms with van der Waals surface area (Å²) in [5.74, 6) is 0.982. The molecule has 2 aromatic rings. The van der Waals surface area contributed by atoms with Crippen molar-refractivity contribution in [3.63, 3.8) is 0 Å². The summed E-state index contributed by atoms with van der Waals surface area (Å²) in [7, 11) is 0. The molecule has 0 fully saturated rings. The minimum absolute atomic E-state index is 0.0550. The zero-order chi connectivity index (χ0) is 11.0. The average Bonchev–Trinajstić information content (AvgIpc) is 2.69. The molecule has 78 valence electrons. The molecule has 1 amide bonds. The van der Waals surface area contributed by atoms with E-state index in [1.54, 1.807) is 24.8 Å². The Hall–Kier alpha value is -2.37. The molecule has 1 N–H and O–H groups in total. The lowest BCUT2D eigenvalue weighted by molar-refractivity contribution is -0.115. The number of rotatable bonds is 1. The minimum Gasteiger partial charge on any atom is -0.310 e. The summed E-state index contributed by atoms with van der Waals surface area (Å²) < 4.78 is 0. The van der Waals surface area contributed by atoms with Crippen molar-refractivity contribution in [1.29, 1.82) is 0 Å². The van der Waals surface area contributed by atoms with Gasteiger partial charge in [-0.1, -0.05) is 0 Å². The summed E-state index contributed by atoms with van der Waals surface area (Å²) in [4.78, 5) is 27.6. The van der Waals surface area contributed by atoms with E-state index in [4.69, 9.17) is 0 Å². The van der Waals surface area contributed by atoms with Gasteiger partial charge in [-0.15, -0.1) is 0 Å². The van der Waals surface area contributed by atoms with Gasteiger partial charge in [0.1, 0.15) is 11.5 Å². The first-order valence-electron chi connectivity index (χ1n) is 4.75. The molecule has 3 heterocycles. The van der Waals surface area contributed by atoms with Crippen LogP contribution < -0.4 is 5.32 Å². The molecule has 0 saturated carbocycles. The second-order valence-corrected chi connectivity index (χ2v) is 3.38. The molecule has 0 spiro atoms. The van der Waals surface area contributed by atoms with Crippen LogP contribution in [0.4, 0.5) is 5.82 Å². The van der Waals surface area contributed by atoms with E-state index in [2.05, 4.69) is 25.3 Å². The van der Waals surface area contributed by atoms with Crippen LogP contribution in [0.25, 0.3) is 11.5 Å². The third-order valence-corrected chi connectivity index (χ3v) is 2.27. The summed E-state index contributed by atoms with van der Waals surface area (Å²) in [5, 5.41) is 2.67. The van der Waals surface area contributed by atoms with E-state index in [0.29, 0.717) is 23.8 Å². The second-order valence-electron chi connectivity index (χ2n) is 3.38. The van der Waals surface area contributed by atoms with Crippen molar-refractivity contribution >= 4 is 11.7 Å². The largest absolute Gasteiger partial charge is 0.310 e.